The molecular formula is C58H42N6. The van der Waals surface area contributed by atoms with Gasteiger partial charge in [0.1, 0.15) is 0 Å². The molecule has 0 radical (unpaired) electrons. The van der Waals surface area contributed by atoms with Gasteiger partial charge in [0.2, 0.25) is 0 Å². The van der Waals surface area contributed by atoms with Gasteiger partial charge in [0.25, 0.3) is 0 Å². The van der Waals surface area contributed by atoms with E-state index in [0.29, 0.717) is 34.9 Å². The molecule has 64 heavy (non-hydrogen) atoms. The highest BCUT2D eigenvalue weighted by Crippen LogP contribution is 2.46. The van der Waals surface area contributed by atoms with Gasteiger partial charge in [-0.2, -0.15) is 0 Å². The normalized spacial score (nSPS) is 12.4. The molecule has 10 aromatic rings. The van der Waals surface area contributed by atoms with Crippen LogP contribution < -0.4 is 0 Å². The molecule has 0 amide bonds. The molecule has 0 fully saturated rings. The minimum Gasteiger partial charge on any atom is -0.209 e. The van der Waals surface area contributed by atoms with Crippen molar-refractivity contribution in [3.63, 3.8) is 0 Å². The lowest BCUT2D eigenvalue weighted by Gasteiger charge is -2.19. The van der Waals surface area contributed by atoms with E-state index >= 15 is 0 Å². The summed E-state index contributed by atoms with van der Waals surface area (Å²) in [5, 5.41) is 4.68. The van der Waals surface area contributed by atoms with Gasteiger partial charge in [-0.3, -0.25) is 0 Å². The Kier molecular flexibility index (Phi) is 10.0. The first kappa shape index (κ1) is 38.7. The summed E-state index contributed by atoms with van der Waals surface area (Å²) >= 11 is 0. The van der Waals surface area contributed by atoms with Gasteiger partial charge in [0, 0.05) is 27.8 Å². The molecule has 0 unspecified atom stereocenters. The summed E-state index contributed by atoms with van der Waals surface area (Å²) in [5.41, 5.74) is 12.4. The van der Waals surface area contributed by atoms with E-state index in [4.69, 9.17) is 29.9 Å². The zero-order valence-electron chi connectivity index (χ0n) is 35.6. The number of fused-ring (bicyclic) bond motifs is 3. The largest absolute Gasteiger partial charge is 0.209 e. The van der Waals surface area contributed by atoms with Gasteiger partial charge in [-0.15, -0.1) is 0 Å². The van der Waals surface area contributed by atoms with Gasteiger partial charge in [-0.1, -0.05) is 182 Å². The first-order valence-electron chi connectivity index (χ1n) is 21.8. The number of hydrogen-bond donors (Lipinski definition) is 0. The average molecular weight is 823 g/mol. The van der Waals surface area contributed by atoms with Crippen molar-refractivity contribution in [2.45, 2.75) is 26.7 Å². The van der Waals surface area contributed by atoms with Crippen LogP contribution >= 0.6 is 0 Å². The Labute approximate surface area is 372 Å². The highest BCUT2D eigenvalue weighted by Gasteiger charge is 2.21. The van der Waals surface area contributed by atoms with Crippen LogP contribution in [0.2, 0.25) is 0 Å². The van der Waals surface area contributed by atoms with Crippen LogP contribution in [-0.2, 0) is 0 Å². The molecule has 0 spiro atoms. The zero-order valence-corrected chi connectivity index (χ0v) is 35.6. The topological polar surface area (TPSA) is 77.3 Å². The van der Waals surface area contributed by atoms with Crippen molar-refractivity contribution in [1.82, 2.24) is 29.9 Å². The predicted molar refractivity (Wildman–Crippen MR) is 262 cm³/mol. The average Bonchev–Trinajstić information content (AvgIpc) is 3.36. The van der Waals surface area contributed by atoms with E-state index in [1.165, 1.54) is 10.8 Å². The Morgan fingerprint density at radius 1 is 0.344 bits per heavy atom. The first-order valence-corrected chi connectivity index (χ1v) is 21.8. The second kappa shape index (κ2) is 16.6. The van der Waals surface area contributed by atoms with Crippen LogP contribution in [0.5, 0.6) is 0 Å². The Balaban J connectivity index is 1.12. The lowest BCUT2D eigenvalue weighted by atomic mass is 9.84. The van der Waals surface area contributed by atoms with Crippen molar-refractivity contribution < 1.29 is 0 Å². The van der Waals surface area contributed by atoms with Gasteiger partial charge < -0.3 is 0 Å². The Morgan fingerprint density at radius 3 is 1.27 bits per heavy atom. The highest BCUT2D eigenvalue weighted by atomic mass is 15.0. The number of allylic oxidation sites excluding steroid dienone is 4. The van der Waals surface area contributed by atoms with Crippen LogP contribution in [0.15, 0.2) is 194 Å². The monoisotopic (exact) mass is 822 g/mol. The van der Waals surface area contributed by atoms with E-state index in [9.17, 15) is 0 Å². The lowest BCUT2D eigenvalue weighted by Crippen LogP contribution is -2.04. The Morgan fingerprint density at radius 2 is 0.750 bits per heavy atom. The molecule has 0 bridgehead atoms. The molecule has 1 aliphatic rings. The fraction of sp³-hybridized carbons (Fsp3) is 0.0690. The number of hydrogen-bond acceptors (Lipinski definition) is 6. The molecule has 0 saturated heterocycles. The third-order valence-corrected chi connectivity index (χ3v) is 12.1. The number of nitrogens with zero attached hydrogens (tertiary/aromatic N) is 6. The van der Waals surface area contributed by atoms with Crippen molar-refractivity contribution in [2.75, 3.05) is 0 Å². The lowest BCUT2D eigenvalue weighted by molar-refractivity contribution is 0.977. The van der Waals surface area contributed by atoms with Crippen LogP contribution in [0.25, 0.3) is 106 Å². The van der Waals surface area contributed by atoms with Gasteiger partial charge in [-0.05, 0) is 99.3 Å². The quantitative estimate of drug-likeness (QED) is 0.142. The van der Waals surface area contributed by atoms with Crippen molar-refractivity contribution in [2.24, 2.45) is 0 Å². The van der Waals surface area contributed by atoms with E-state index in [-0.39, 0.29) is 0 Å². The summed E-state index contributed by atoms with van der Waals surface area (Å²) in [6.07, 6.45) is 8.25. The number of benzene rings is 8. The molecule has 2 aromatic heterocycles. The van der Waals surface area contributed by atoms with Crippen LogP contribution in [0.1, 0.15) is 29.8 Å². The molecule has 0 aliphatic heterocycles. The molecule has 11 rings (SSSR count). The molecule has 2 heterocycles. The van der Waals surface area contributed by atoms with Crippen molar-refractivity contribution in [1.29, 1.82) is 0 Å². The molecule has 6 nitrogen and oxygen atoms in total. The Hall–Kier alpha value is -8.22. The standard InChI is InChI=1S/C58H42N6/c1-37-19-9-11-29-45(37)57-61-53(39-21-5-3-6-22-39)59-55(63-57)43-27-17-25-41(35-43)51-49-33-15-13-31-47(49)48-32-14-16-34-50(48)52(51)42-26-18-28-44(36-42)56-60-54(40-23-7-4-8-24-40)62-58(64-56)46-30-12-10-20-38(46)2/h3-7,9-23,25-36H,8,24H2,1-2H3. The third kappa shape index (κ3) is 7.25. The smallest absolute Gasteiger partial charge is 0.164 e. The van der Waals surface area contributed by atoms with E-state index in [2.05, 4.69) is 159 Å². The van der Waals surface area contributed by atoms with E-state index < -0.39 is 0 Å². The maximum atomic E-state index is 5.18. The third-order valence-electron chi connectivity index (χ3n) is 12.1. The van der Waals surface area contributed by atoms with Gasteiger partial charge in [0.05, 0.1) is 0 Å². The minimum atomic E-state index is 0.612. The fourth-order valence-electron chi connectivity index (χ4n) is 8.92. The molecule has 0 saturated carbocycles. The van der Waals surface area contributed by atoms with Crippen molar-refractivity contribution in [3.8, 4) is 79.2 Å². The molecule has 0 N–H and O–H groups in total. The Bertz CT molecular complexity index is 3480. The van der Waals surface area contributed by atoms with Crippen molar-refractivity contribution >= 4 is 27.1 Å². The predicted octanol–water partition coefficient (Wildman–Crippen LogP) is 14.4. The minimum absolute atomic E-state index is 0.612. The molecule has 304 valence electrons. The molecule has 0 atom stereocenters. The maximum Gasteiger partial charge on any atom is 0.164 e. The highest BCUT2D eigenvalue weighted by molar-refractivity contribution is 6.21. The molecular weight excluding hydrogens is 781 g/mol. The second-order valence-electron chi connectivity index (χ2n) is 16.3. The summed E-state index contributed by atoms with van der Waals surface area (Å²) in [4.78, 5) is 30.7. The summed E-state index contributed by atoms with van der Waals surface area (Å²) in [6.45, 7) is 4.20. The van der Waals surface area contributed by atoms with Crippen LogP contribution in [0.3, 0.4) is 0 Å². The number of aryl methyl sites for hydroxylation is 2. The van der Waals surface area contributed by atoms with E-state index in [1.807, 2.05) is 48.5 Å². The first-order chi connectivity index (χ1) is 31.6. The number of aromatic nitrogens is 6. The van der Waals surface area contributed by atoms with Gasteiger partial charge >= 0.3 is 0 Å². The van der Waals surface area contributed by atoms with Crippen LogP contribution in [0.4, 0.5) is 0 Å². The van der Waals surface area contributed by atoms with E-state index in [1.54, 1.807) is 0 Å². The molecule has 8 aromatic carbocycles. The fourth-order valence-corrected chi connectivity index (χ4v) is 8.92. The molecule has 1 aliphatic carbocycles. The molecule has 6 heteroatoms. The maximum absolute atomic E-state index is 5.18. The van der Waals surface area contributed by atoms with Crippen LogP contribution in [0, 0.1) is 13.8 Å². The second-order valence-corrected chi connectivity index (χ2v) is 16.3. The van der Waals surface area contributed by atoms with Crippen LogP contribution in [-0.4, -0.2) is 29.9 Å². The number of rotatable bonds is 8. The summed E-state index contributed by atoms with van der Waals surface area (Å²) in [5.74, 6) is 3.91. The summed E-state index contributed by atoms with van der Waals surface area (Å²) < 4.78 is 0. The zero-order chi connectivity index (χ0) is 43.0. The summed E-state index contributed by atoms with van der Waals surface area (Å²) in [7, 11) is 0. The van der Waals surface area contributed by atoms with Crippen molar-refractivity contribution in [3.05, 3.63) is 211 Å². The SMILES string of the molecule is Cc1ccccc1-c1nc(C2=CC=CCC2)nc(-c2cccc(-c3c(-c4cccc(-c5nc(-c6ccccc6)nc(-c6ccccc6C)n5)c4)c4ccccc4c4ccccc34)c2)n1. The van der Waals surface area contributed by atoms with Gasteiger partial charge in [-0.25, -0.2) is 29.9 Å². The van der Waals surface area contributed by atoms with Gasteiger partial charge in [0.15, 0.2) is 34.9 Å². The van der Waals surface area contributed by atoms with E-state index in [0.717, 1.165) is 90.4 Å². The summed E-state index contributed by atoms with van der Waals surface area (Å²) in [6, 6.07) is 61.5.